The number of halogens is 3. The SMILES string of the molecule is COC(=O)c1cc(NC=O)ccc1-c1cc(Cl)cc2c1[C@@]1(C(=O)N2)[C@H](CC(C)(C)C)NC[C@@H]1c1cccc(Cl)c1F. The minimum Gasteiger partial charge on any atom is -0.465 e. The molecule has 0 aromatic heterocycles. The molecule has 10 heteroatoms. The molecule has 2 aliphatic heterocycles. The molecule has 0 bridgehead atoms. The number of amides is 2. The lowest BCUT2D eigenvalue weighted by molar-refractivity contribution is -0.122. The fourth-order valence-electron chi connectivity index (χ4n) is 6.40. The summed E-state index contributed by atoms with van der Waals surface area (Å²) in [6.45, 7) is 6.57. The van der Waals surface area contributed by atoms with Gasteiger partial charge in [-0.15, -0.1) is 0 Å². The van der Waals surface area contributed by atoms with Gasteiger partial charge in [-0.3, -0.25) is 9.59 Å². The molecular formula is C31H30Cl2FN3O4. The van der Waals surface area contributed by atoms with Crippen molar-refractivity contribution in [2.75, 3.05) is 24.3 Å². The summed E-state index contributed by atoms with van der Waals surface area (Å²) in [5.74, 6) is -2.14. The summed E-state index contributed by atoms with van der Waals surface area (Å²) in [5.41, 5.74) is 1.48. The quantitative estimate of drug-likeness (QED) is 0.221. The van der Waals surface area contributed by atoms with E-state index in [1.54, 1.807) is 36.4 Å². The van der Waals surface area contributed by atoms with Crippen LogP contribution in [0.4, 0.5) is 15.8 Å². The lowest BCUT2D eigenvalue weighted by Crippen LogP contribution is -2.50. The van der Waals surface area contributed by atoms with Crippen molar-refractivity contribution in [3.05, 3.63) is 81.1 Å². The van der Waals surface area contributed by atoms with Gasteiger partial charge >= 0.3 is 5.97 Å². The molecule has 214 valence electrons. The number of carbonyl (C=O) groups excluding carboxylic acids is 3. The van der Waals surface area contributed by atoms with Crippen LogP contribution in [0.2, 0.25) is 10.0 Å². The molecular weight excluding hydrogens is 568 g/mol. The predicted octanol–water partition coefficient (Wildman–Crippen LogP) is 6.54. The van der Waals surface area contributed by atoms with Gasteiger partial charge in [-0.1, -0.05) is 62.2 Å². The first kappa shape index (κ1) is 29.0. The van der Waals surface area contributed by atoms with Crippen molar-refractivity contribution in [2.45, 2.75) is 44.6 Å². The predicted molar refractivity (Wildman–Crippen MR) is 158 cm³/mol. The van der Waals surface area contributed by atoms with E-state index in [9.17, 15) is 14.4 Å². The van der Waals surface area contributed by atoms with Crippen LogP contribution in [0.3, 0.4) is 0 Å². The van der Waals surface area contributed by atoms with E-state index >= 15 is 4.39 Å². The Morgan fingerprint density at radius 1 is 1.17 bits per heavy atom. The van der Waals surface area contributed by atoms with Gasteiger partial charge in [0, 0.05) is 40.5 Å². The molecule has 0 radical (unpaired) electrons. The lowest BCUT2D eigenvalue weighted by atomic mass is 9.62. The standard InChI is InChI=1S/C31H30Cl2FN3O4/c1-30(2,3)13-25-31(22(14-35-25)19-6-5-7-23(33)27(19)34)26-20(10-16(32)11-24(26)37-29(31)40)18-9-8-17(36-15-38)12-21(18)28(39)41-4/h5-12,15,22,25,35H,13-14H2,1-4H3,(H,36,38)(H,37,40)/t22-,25+,31+/m1/s1. The number of hydrogen-bond donors (Lipinski definition) is 3. The van der Waals surface area contributed by atoms with Gasteiger partial charge in [0.25, 0.3) is 0 Å². The Kier molecular flexibility index (Phi) is 7.61. The van der Waals surface area contributed by atoms with E-state index in [-0.39, 0.29) is 21.9 Å². The van der Waals surface area contributed by atoms with Crippen LogP contribution in [-0.2, 0) is 19.7 Å². The third-order valence-corrected chi connectivity index (χ3v) is 8.43. The summed E-state index contributed by atoms with van der Waals surface area (Å²) < 4.78 is 20.7. The highest BCUT2D eigenvalue weighted by Crippen LogP contribution is 2.58. The normalized spacial score (nSPS) is 21.5. The Hall–Kier alpha value is -3.46. The van der Waals surface area contributed by atoms with Crippen LogP contribution < -0.4 is 16.0 Å². The van der Waals surface area contributed by atoms with Crippen LogP contribution in [0, 0.1) is 11.2 Å². The molecule has 1 spiro atoms. The highest BCUT2D eigenvalue weighted by molar-refractivity contribution is 6.32. The zero-order valence-corrected chi connectivity index (χ0v) is 24.5. The minimum atomic E-state index is -1.28. The molecule has 2 amide bonds. The van der Waals surface area contributed by atoms with E-state index in [0.29, 0.717) is 58.0 Å². The molecule has 3 aromatic carbocycles. The zero-order valence-electron chi connectivity index (χ0n) is 23.0. The average Bonchev–Trinajstić information content (AvgIpc) is 3.41. The third-order valence-electron chi connectivity index (χ3n) is 7.92. The minimum absolute atomic E-state index is 0.0295. The van der Waals surface area contributed by atoms with Crippen LogP contribution in [0.15, 0.2) is 48.5 Å². The molecule has 5 rings (SSSR count). The monoisotopic (exact) mass is 597 g/mol. The highest BCUT2D eigenvalue weighted by Gasteiger charge is 2.62. The van der Waals surface area contributed by atoms with Gasteiger partial charge in [-0.2, -0.15) is 0 Å². The maximum Gasteiger partial charge on any atom is 0.338 e. The van der Waals surface area contributed by atoms with Crippen molar-refractivity contribution < 1.29 is 23.5 Å². The molecule has 3 aromatic rings. The number of esters is 1. The molecule has 0 unspecified atom stereocenters. The topological polar surface area (TPSA) is 96.5 Å². The first-order chi connectivity index (χ1) is 19.4. The van der Waals surface area contributed by atoms with Crippen LogP contribution in [0.1, 0.15) is 54.6 Å². The summed E-state index contributed by atoms with van der Waals surface area (Å²) in [5, 5.41) is 9.43. The Morgan fingerprint density at radius 2 is 1.93 bits per heavy atom. The first-order valence-electron chi connectivity index (χ1n) is 13.2. The second-order valence-corrected chi connectivity index (χ2v) is 12.5. The van der Waals surface area contributed by atoms with Crippen LogP contribution in [0.5, 0.6) is 0 Å². The van der Waals surface area contributed by atoms with Crippen LogP contribution >= 0.6 is 23.2 Å². The van der Waals surface area contributed by atoms with E-state index in [4.69, 9.17) is 27.9 Å². The van der Waals surface area contributed by atoms with Crippen molar-refractivity contribution in [3.8, 4) is 11.1 Å². The number of ether oxygens (including phenoxy) is 1. The van der Waals surface area contributed by atoms with Crippen molar-refractivity contribution in [2.24, 2.45) is 5.41 Å². The largest absolute Gasteiger partial charge is 0.465 e. The number of fused-ring (bicyclic) bond motifs is 2. The number of nitrogens with one attached hydrogen (secondary N) is 3. The summed E-state index contributed by atoms with van der Waals surface area (Å²) >= 11 is 12.8. The van der Waals surface area contributed by atoms with Crippen molar-refractivity contribution >= 4 is 52.9 Å². The molecule has 41 heavy (non-hydrogen) atoms. The summed E-state index contributed by atoms with van der Waals surface area (Å²) in [7, 11) is 1.26. The number of rotatable bonds is 6. The molecule has 2 heterocycles. The van der Waals surface area contributed by atoms with Gasteiger partial charge in [-0.25, -0.2) is 9.18 Å². The van der Waals surface area contributed by atoms with Gasteiger partial charge in [0.1, 0.15) is 11.2 Å². The Balaban J connectivity index is 1.85. The Morgan fingerprint density at radius 3 is 2.61 bits per heavy atom. The van der Waals surface area contributed by atoms with E-state index in [0.717, 1.165) is 0 Å². The molecule has 0 aliphatic carbocycles. The zero-order chi connectivity index (χ0) is 29.7. The highest BCUT2D eigenvalue weighted by atomic mass is 35.5. The molecule has 3 atom stereocenters. The second-order valence-electron chi connectivity index (χ2n) is 11.6. The van der Waals surface area contributed by atoms with E-state index in [2.05, 4.69) is 36.7 Å². The van der Waals surface area contributed by atoms with Crippen molar-refractivity contribution in [1.29, 1.82) is 0 Å². The summed E-state index contributed by atoms with van der Waals surface area (Å²) in [6.07, 6.45) is 1.10. The number of methoxy groups -OCH3 is 1. The van der Waals surface area contributed by atoms with Gasteiger partial charge < -0.3 is 20.7 Å². The molecule has 2 aliphatic rings. The number of carbonyl (C=O) groups is 3. The number of benzene rings is 3. The summed E-state index contributed by atoms with van der Waals surface area (Å²) in [6, 6.07) is 12.6. The second kappa shape index (κ2) is 10.7. The third kappa shape index (κ3) is 4.88. The molecule has 3 N–H and O–H groups in total. The van der Waals surface area contributed by atoms with Crippen LogP contribution in [0.25, 0.3) is 11.1 Å². The maximum atomic E-state index is 15.7. The fourth-order valence-corrected chi connectivity index (χ4v) is 6.80. The van der Waals surface area contributed by atoms with E-state index in [1.165, 1.54) is 19.2 Å². The van der Waals surface area contributed by atoms with Gasteiger partial charge in [-0.05, 0) is 58.9 Å². The molecule has 1 saturated heterocycles. The molecule has 1 fully saturated rings. The van der Waals surface area contributed by atoms with E-state index in [1.807, 2.05) is 0 Å². The fraction of sp³-hybridized carbons (Fsp3) is 0.323. The van der Waals surface area contributed by atoms with Crippen molar-refractivity contribution in [3.63, 3.8) is 0 Å². The Labute approximate surface area is 247 Å². The smallest absolute Gasteiger partial charge is 0.338 e. The van der Waals surface area contributed by atoms with Gasteiger partial charge in [0.05, 0.1) is 17.7 Å². The summed E-state index contributed by atoms with van der Waals surface area (Å²) in [4.78, 5) is 38.5. The maximum absolute atomic E-state index is 15.7. The van der Waals surface area contributed by atoms with Gasteiger partial charge in [0.2, 0.25) is 12.3 Å². The van der Waals surface area contributed by atoms with Crippen LogP contribution in [-0.4, -0.2) is 38.0 Å². The Bertz CT molecular complexity index is 1570. The number of hydrogen-bond acceptors (Lipinski definition) is 5. The van der Waals surface area contributed by atoms with Crippen molar-refractivity contribution in [1.82, 2.24) is 5.32 Å². The first-order valence-corrected chi connectivity index (χ1v) is 13.9. The number of anilines is 2. The lowest BCUT2D eigenvalue weighted by Gasteiger charge is -2.38. The van der Waals surface area contributed by atoms with E-state index < -0.39 is 29.2 Å². The molecule has 7 nitrogen and oxygen atoms in total. The molecule has 0 saturated carbocycles. The average molecular weight is 599 g/mol. The van der Waals surface area contributed by atoms with Gasteiger partial charge in [0.15, 0.2) is 0 Å².